The van der Waals surface area contributed by atoms with Crippen LogP contribution in [0, 0.1) is 10.1 Å². The number of nitro benzene ring substituents is 1. The maximum atomic E-state index is 12.6. The molecule has 0 unspecified atom stereocenters. The second kappa shape index (κ2) is 10.0. The molecule has 0 atom stereocenters. The minimum Gasteiger partial charge on any atom is -0.465 e. The molecule has 0 aliphatic rings. The quantitative estimate of drug-likeness (QED) is 0.268. The Hall–Kier alpha value is -3.38. The SMILES string of the molecule is CCOC(=O)Cn1c(=NC(=O)Cc2ccc(S(=O)(=O)CC)cc2)sc2ccc([N+](=O)[O-])cc21. The van der Waals surface area contributed by atoms with E-state index in [1.165, 1.54) is 34.9 Å². The molecule has 0 spiro atoms. The lowest BCUT2D eigenvalue weighted by Gasteiger charge is -2.05. The van der Waals surface area contributed by atoms with Gasteiger partial charge >= 0.3 is 5.97 Å². The van der Waals surface area contributed by atoms with Gasteiger partial charge in [0.15, 0.2) is 14.6 Å². The largest absolute Gasteiger partial charge is 0.465 e. The first kappa shape index (κ1) is 24.3. The average Bonchev–Trinajstić information content (AvgIpc) is 3.10. The van der Waals surface area contributed by atoms with Gasteiger partial charge in [-0.25, -0.2) is 8.42 Å². The number of ether oxygens (including phenoxy) is 1. The number of non-ortho nitro benzene ring substituents is 1. The van der Waals surface area contributed by atoms with E-state index in [4.69, 9.17) is 4.74 Å². The van der Waals surface area contributed by atoms with Crippen molar-refractivity contribution >= 4 is 49.0 Å². The van der Waals surface area contributed by atoms with Crippen LogP contribution in [-0.4, -0.2) is 42.1 Å². The predicted molar refractivity (Wildman–Crippen MR) is 122 cm³/mol. The van der Waals surface area contributed by atoms with E-state index >= 15 is 0 Å². The summed E-state index contributed by atoms with van der Waals surface area (Å²) >= 11 is 1.12. The topological polar surface area (TPSA) is 138 Å². The molecule has 3 aromatic rings. The number of thiazole rings is 1. The molecule has 1 heterocycles. The molecule has 0 aliphatic heterocycles. The van der Waals surface area contributed by atoms with Crippen LogP contribution in [0.1, 0.15) is 19.4 Å². The third kappa shape index (κ3) is 5.71. The van der Waals surface area contributed by atoms with Crippen LogP contribution in [0.3, 0.4) is 0 Å². The molecule has 0 bridgehead atoms. The van der Waals surface area contributed by atoms with Gasteiger partial charge in [0.1, 0.15) is 6.54 Å². The smallest absolute Gasteiger partial charge is 0.326 e. The van der Waals surface area contributed by atoms with E-state index < -0.39 is 26.6 Å². The van der Waals surface area contributed by atoms with Gasteiger partial charge in [0.05, 0.1) is 38.8 Å². The van der Waals surface area contributed by atoms with Gasteiger partial charge in [-0.3, -0.25) is 19.7 Å². The standard InChI is InChI=1S/C21H21N3O7S2/c1-3-31-20(26)13-23-17-12-15(24(27)28)7-10-18(17)32-21(23)22-19(25)11-14-5-8-16(9-6-14)33(29,30)4-2/h5-10,12H,3-4,11,13H2,1-2H3. The van der Waals surface area contributed by atoms with Crippen LogP contribution in [0.4, 0.5) is 5.69 Å². The number of fused-ring (bicyclic) bond motifs is 1. The van der Waals surface area contributed by atoms with Gasteiger partial charge in [-0.2, -0.15) is 4.99 Å². The molecule has 0 saturated heterocycles. The van der Waals surface area contributed by atoms with Crippen LogP contribution in [0.15, 0.2) is 52.4 Å². The molecule has 0 fully saturated rings. The second-order valence-corrected chi connectivity index (χ2v) is 10.2. The average molecular weight is 492 g/mol. The summed E-state index contributed by atoms with van der Waals surface area (Å²) < 4.78 is 30.9. The fraction of sp³-hybridized carbons (Fsp3) is 0.286. The lowest BCUT2D eigenvalue weighted by molar-refractivity contribution is -0.384. The lowest BCUT2D eigenvalue weighted by Crippen LogP contribution is -2.23. The minimum atomic E-state index is -3.34. The summed E-state index contributed by atoms with van der Waals surface area (Å²) in [6, 6.07) is 10.2. The number of amides is 1. The minimum absolute atomic E-state index is 0.0226. The van der Waals surface area contributed by atoms with E-state index in [1.807, 2.05) is 0 Å². The Kier molecular flexibility index (Phi) is 7.39. The fourth-order valence-corrected chi connectivity index (χ4v) is 4.96. The molecule has 174 valence electrons. The summed E-state index contributed by atoms with van der Waals surface area (Å²) in [5, 5.41) is 11.2. The van der Waals surface area contributed by atoms with Crippen molar-refractivity contribution in [1.29, 1.82) is 0 Å². The van der Waals surface area contributed by atoms with E-state index in [9.17, 15) is 28.1 Å². The number of esters is 1. The van der Waals surface area contributed by atoms with Crippen molar-refractivity contribution in [2.24, 2.45) is 4.99 Å². The number of sulfone groups is 1. The van der Waals surface area contributed by atoms with Crippen molar-refractivity contribution in [3.63, 3.8) is 0 Å². The van der Waals surface area contributed by atoms with E-state index in [2.05, 4.69) is 4.99 Å². The number of rotatable bonds is 8. The molecule has 3 rings (SSSR count). The van der Waals surface area contributed by atoms with Crippen LogP contribution in [-0.2, 0) is 37.1 Å². The van der Waals surface area contributed by atoms with Gasteiger partial charge in [0.25, 0.3) is 11.6 Å². The van der Waals surface area contributed by atoms with Gasteiger partial charge < -0.3 is 9.30 Å². The molecular weight excluding hydrogens is 470 g/mol. The maximum Gasteiger partial charge on any atom is 0.326 e. The Labute approximate surface area is 193 Å². The zero-order valence-corrected chi connectivity index (χ0v) is 19.5. The highest BCUT2D eigenvalue weighted by atomic mass is 32.2. The van der Waals surface area contributed by atoms with Crippen LogP contribution < -0.4 is 4.80 Å². The third-order valence-electron chi connectivity index (χ3n) is 4.71. The summed E-state index contributed by atoms with van der Waals surface area (Å²) in [5.74, 6) is -1.10. The summed E-state index contributed by atoms with van der Waals surface area (Å²) in [5.41, 5.74) is 0.813. The van der Waals surface area contributed by atoms with Crippen molar-refractivity contribution in [3.8, 4) is 0 Å². The first-order valence-electron chi connectivity index (χ1n) is 9.97. The Balaban J connectivity index is 1.97. The number of carbonyl (C=O) groups is 2. The number of carbonyl (C=O) groups excluding carboxylic acids is 2. The zero-order chi connectivity index (χ0) is 24.2. The molecular formula is C21H21N3O7S2. The zero-order valence-electron chi connectivity index (χ0n) is 17.9. The number of nitro groups is 1. The number of hydrogen-bond donors (Lipinski definition) is 0. The highest BCUT2D eigenvalue weighted by molar-refractivity contribution is 7.91. The first-order valence-corrected chi connectivity index (χ1v) is 12.4. The van der Waals surface area contributed by atoms with Gasteiger partial charge in [-0.1, -0.05) is 30.4 Å². The number of hydrogen-bond acceptors (Lipinski definition) is 8. The molecule has 0 saturated carbocycles. The Morgan fingerprint density at radius 3 is 2.45 bits per heavy atom. The summed E-state index contributed by atoms with van der Waals surface area (Å²) in [6.07, 6.45) is -0.0831. The Morgan fingerprint density at radius 1 is 1.15 bits per heavy atom. The number of benzene rings is 2. The molecule has 0 radical (unpaired) electrons. The molecule has 1 aromatic heterocycles. The van der Waals surface area contributed by atoms with E-state index in [1.54, 1.807) is 26.0 Å². The Morgan fingerprint density at radius 2 is 1.85 bits per heavy atom. The van der Waals surface area contributed by atoms with Crippen LogP contribution >= 0.6 is 11.3 Å². The van der Waals surface area contributed by atoms with E-state index in [-0.39, 0.29) is 40.7 Å². The second-order valence-electron chi connectivity index (χ2n) is 6.91. The van der Waals surface area contributed by atoms with Gasteiger partial charge in [0.2, 0.25) is 0 Å². The van der Waals surface area contributed by atoms with Crippen LogP contribution in [0.25, 0.3) is 10.2 Å². The molecule has 12 heteroatoms. The molecule has 1 amide bonds. The first-order chi connectivity index (χ1) is 15.6. The maximum absolute atomic E-state index is 12.6. The van der Waals surface area contributed by atoms with E-state index in [0.717, 1.165) is 11.3 Å². The summed E-state index contributed by atoms with van der Waals surface area (Å²) in [7, 11) is -3.34. The number of nitrogens with zero attached hydrogens (tertiary/aromatic N) is 3. The van der Waals surface area contributed by atoms with Crippen molar-refractivity contribution in [2.75, 3.05) is 12.4 Å². The van der Waals surface area contributed by atoms with Crippen molar-refractivity contribution in [1.82, 2.24) is 4.57 Å². The van der Waals surface area contributed by atoms with Crippen molar-refractivity contribution in [3.05, 3.63) is 62.9 Å². The molecule has 10 nitrogen and oxygen atoms in total. The Bertz CT molecular complexity index is 1390. The highest BCUT2D eigenvalue weighted by Crippen LogP contribution is 2.23. The fourth-order valence-electron chi connectivity index (χ4n) is 3.05. The van der Waals surface area contributed by atoms with Crippen molar-refractivity contribution < 1.29 is 27.7 Å². The van der Waals surface area contributed by atoms with Gasteiger partial charge in [-0.05, 0) is 30.7 Å². The third-order valence-corrected chi connectivity index (χ3v) is 7.52. The number of aromatic nitrogens is 1. The summed E-state index contributed by atoms with van der Waals surface area (Å²) in [6.45, 7) is 3.11. The van der Waals surface area contributed by atoms with Crippen molar-refractivity contribution in [2.45, 2.75) is 31.7 Å². The molecule has 0 aliphatic carbocycles. The highest BCUT2D eigenvalue weighted by Gasteiger charge is 2.16. The molecule has 33 heavy (non-hydrogen) atoms. The van der Waals surface area contributed by atoms with Gasteiger partial charge in [0, 0.05) is 12.1 Å². The predicted octanol–water partition coefficient (Wildman–Crippen LogP) is 2.64. The van der Waals surface area contributed by atoms with Gasteiger partial charge in [-0.15, -0.1) is 0 Å². The normalized spacial score (nSPS) is 12.1. The molecule has 2 aromatic carbocycles. The van der Waals surface area contributed by atoms with Crippen LogP contribution in [0.2, 0.25) is 0 Å². The van der Waals surface area contributed by atoms with E-state index in [0.29, 0.717) is 15.8 Å². The monoisotopic (exact) mass is 491 g/mol. The molecule has 0 N–H and O–H groups in total. The van der Waals surface area contributed by atoms with Crippen LogP contribution in [0.5, 0.6) is 0 Å². The lowest BCUT2D eigenvalue weighted by atomic mass is 10.1. The summed E-state index contributed by atoms with van der Waals surface area (Å²) in [4.78, 5) is 39.8.